The summed E-state index contributed by atoms with van der Waals surface area (Å²) in [5.41, 5.74) is 0.444. The quantitative estimate of drug-likeness (QED) is 0.715. The predicted molar refractivity (Wildman–Crippen MR) is 59.6 cm³/mol. The molecule has 4 nitrogen and oxygen atoms in total. The number of ether oxygens (including phenoxy) is 1. The molecule has 16 heavy (non-hydrogen) atoms. The monoisotopic (exact) mass is 216 g/mol. The average Bonchev–Trinajstić information content (AvgIpc) is 2.78. The molecule has 4 heteroatoms. The van der Waals surface area contributed by atoms with Crippen LogP contribution in [0.4, 0.5) is 0 Å². The van der Waals surface area contributed by atoms with Crippen LogP contribution in [0.5, 0.6) is 5.75 Å². The molecule has 0 N–H and O–H groups in total. The first-order valence-corrected chi connectivity index (χ1v) is 5.05. The SMILES string of the molecule is O=Cc1ccn(CCOc2ccccc2)n1. The van der Waals surface area contributed by atoms with E-state index in [1.165, 1.54) is 0 Å². The number of aromatic nitrogens is 2. The van der Waals surface area contributed by atoms with Crippen LogP contribution in [0, 0.1) is 0 Å². The molecule has 82 valence electrons. The maximum atomic E-state index is 10.4. The zero-order chi connectivity index (χ0) is 11.2. The second-order valence-electron chi connectivity index (χ2n) is 3.28. The van der Waals surface area contributed by atoms with Gasteiger partial charge in [0.2, 0.25) is 0 Å². The van der Waals surface area contributed by atoms with E-state index in [0.29, 0.717) is 18.8 Å². The normalized spacial score (nSPS) is 10.0. The van der Waals surface area contributed by atoms with Crippen LogP contribution >= 0.6 is 0 Å². The zero-order valence-corrected chi connectivity index (χ0v) is 8.74. The van der Waals surface area contributed by atoms with Gasteiger partial charge in [-0.3, -0.25) is 9.48 Å². The van der Waals surface area contributed by atoms with Crippen molar-refractivity contribution in [3.05, 3.63) is 48.3 Å². The number of rotatable bonds is 5. The van der Waals surface area contributed by atoms with Crippen molar-refractivity contribution < 1.29 is 9.53 Å². The molecule has 0 radical (unpaired) electrons. The Bertz CT molecular complexity index is 451. The molecule has 1 heterocycles. The van der Waals surface area contributed by atoms with E-state index in [1.54, 1.807) is 16.9 Å². The van der Waals surface area contributed by atoms with Crippen LogP contribution in [0.1, 0.15) is 10.5 Å². The first-order chi connectivity index (χ1) is 7.88. The van der Waals surface area contributed by atoms with E-state index >= 15 is 0 Å². The highest BCUT2D eigenvalue weighted by Crippen LogP contribution is 2.07. The van der Waals surface area contributed by atoms with Gasteiger partial charge in [-0.05, 0) is 18.2 Å². The smallest absolute Gasteiger partial charge is 0.170 e. The van der Waals surface area contributed by atoms with Crippen LogP contribution < -0.4 is 4.74 Å². The first kappa shape index (κ1) is 10.4. The lowest BCUT2D eigenvalue weighted by Gasteiger charge is -2.05. The standard InChI is InChI=1S/C12H12N2O2/c15-10-11-6-7-14(13-11)8-9-16-12-4-2-1-3-5-12/h1-7,10H,8-9H2. The van der Waals surface area contributed by atoms with E-state index < -0.39 is 0 Å². The van der Waals surface area contributed by atoms with Gasteiger partial charge in [0, 0.05) is 6.20 Å². The lowest BCUT2D eigenvalue weighted by atomic mass is 10.3. The third-order valence-electron chi connectivity index (χ3n) is 2.11. The number of para-hydroxylation sites is 1. The predicted octanol–water partition coefficient (Wildman–Crippen LogP) is 1.77. The molecule has 0 aliphatic heterocycles. The molecule has 0 spiro atoms. The van der Waals surface area contributed by atoms with Gasteiger partial charge in [-0.2, -0.15) is 5.10 Å². The number of carbonyl (C=O) groups is 1. The molecule has 2 rings (SSSR count). The highest BCUT2D eigenvalue weighted by molar-refractivity contribution is 5.71. The van der Waals surface area contributed by atoms with Crippen molar-refractivity contribution in [1.82, 2.24) is 9.78 Å². The summed E-state index contributed by atoms with van der Waals surface area (Å²) in [6.07, 6.45) is 2.49. The second kappa shape index (κ2) is 5.11. The van der Waals surface area contributed by atoms with Crippen molar-refractivity contribution in [3.8, 4) is 5.75 Å². The van der Waals surface area contributed by atoms with Crippen LogP contribution in [-0.2, 0) is 6.54 Å². The van der Waals surface area contributed by atoms with Gasteiger partial charge in [0.05, 0.1) is 6.54 Å². The average molecular weight is 216 g/mol. The van der Waals surface area contributed by atoms with E-state index in [2.05, 4.69) is 5.10 Å². The van der Waals surface area contributed by atoms with Crippen LogP contribution in [0.2, 0.25) is 0 Å². The van der Waals surface area contributed by atoms with E-state index in [1.807, 2.05) is 30.3 Å². The molecule has 0 atom stereocenters. The van der Waals surface area contributed by atoms with Crippen LogP contribution in [0.3, 0.4) is 0 Å². The highest BCUT2D eigenvalue weighted by atomic mass is 16.5. The number of nitrogens with zero attached hydrogens (tertiary/aromatic N) is 2. The Hall–Kier alpha value is -2.10. The molecule has 0 aliphatic rings. The summed E-state index contributed by atoms with van der Waals surface area (Å²) < 4.78 is 7.19. The Balaban J connectivity index is 1.82. The fraction of sp³-hybridized carbons (Fsp3) is 0.167. The van der Waals surface area contributed by atoms with Gasteiger partial charge in [-0.15, -0.1) is 0 Å². The number of benzene rings is 1. The number of carbonyl (C=O) groups excluding carboxylic acids is 1. The van der Waals surface area contributed by atoms with Gasteiger partial charge >= 0.3 is 0 Å². The fourth-order valence-electron chi connectivity index (χ4n) is 1.34. The molecular formula is C12H12N2O2. The number of hydrogen-bond acceptors (Lipinski definition) is 3. The number of aldehydes is 1. The topological polar surface area (TPSA) is 44.1 Å². The van der Waals surface area contributed by atoms with Gasteiger partial charge < -0.3 is 4.74 Å². The lowest BCUT2D eigenvalue weighted by Crippen LogP contribution is -2.08. The molecule has 0 saturated carbocycles. The summed E-state index contributed by atoms with van der Waals surface area (Å²) in [5.74, 6) is 0.838. The highest BCUT2D eigenvalue weighted by Gasteiger charge is 1.97. The Kier molecular flexibility index (Phi) is 3.33. The molecular weight excluding hydrogens is 204 g/mol. The maximum absolute atomic E-state index is 10.4. The van der Waals surface area contributed by atoms with Gasteiger partial charge in [-0.1, -0.05) is 18.2 Å². The molecule has 0 unspecified atom stereocenters. The summed E-state index contributed by atoms with van der Waals surface area (Å²) in [7, 11) is 0. The van der Waals surface area contributed by atoms with Gasteiger partial charge in [-0.25, -0.2) is 0 Å². The van der Waals surface area contributed by atoms with E-state index in [4.69, 9.17) is 4.74 Å². The Morgan fingerprint density at radius 1 is 1.25 bits per heavy atom. The molecule has 0 amide bonds. The summed E-state index contributed by atoms with van der Waals surface area (Å²) in [6, 6.07) is 11.3. The first-order valence-electron chi connectivity index (χ1n) is 5.05. The molecule has 0 aliphatic carbocycles. The van der Waals surface area contributed by atoms with E-state index in [9.17, 15) is 4.79 Å². The lowest BCUT2D eigenvalue weighted by molar-refractivity contribution is 0.111. The van der Waals surface area contributed by atoms with Crippen molar-refractivity contribution >= 4 is 6.29 Å². The van der Waals surface area contributed by atoms with E-state index in [0.717, 1.165) is 12.0 Å². The van der Waals surface area contributed by atoms with Crippen molar-refractivity contribution in [2.75, 3.05) is 6.61 Å². The minimum atomic E-state index is 0.444. The van der Waals surface area contributed by atoms with Crippen LogP contribution in [0.25, 0.3) is 0 Å². The van der Waals surface area contributed by atoms with Gasteiger partial charge in [0.15, 0.2) is 6.29 Å². The Morgan fingerprint density at radius 2 is 2.06 bits per heavy atom. The summed E-state index contributed by atoms with van der Waals surface area (Å²) >= 11 is 0. The minimum absolute atomic E-state index is 0.444. The molecule has 0 fully saturated rings. The molecule has 0 saturated heterocycles. The minimum Gasteiger partial charge on any atom is -0.492 e. The van der Waals surface area contributed by atoms with E-state index in [-0.39, 0.29) is 0 Å². The largest absolute Gasteiger partial charge is 0.492 e. The van der Waals surface area contributed by atoms with Crippen LogP contribution in [-0.4, -0.2) is 22.7 Å². The Morgan fingerprint density at radius 3 is 2.75 bits per heavy atom. The van der Waals surface area contributed by atoms with Crippen molar-refractivity contribution in [3.63, 3.8) is 0 Å². The molecule has 1 aromatic carbocycles. The Labute approximate surface area is 93.5 Å². The molecule has 0 bridgehead atoms. The summed E-state index contributed by atoms with van der Waals surface area (Å²) in [4.78, 5) is 10.4. The third kappa shape index (κ3) is 2.70. The zero-order valence-electron chi connectivity index (χ0n) is 8.74. The van der Waals surface area contributed by atoms with Gasteiger partial charge in [0.1, 0.15) is 18.1 Å². The molecule has 1 aromatic heterocycles. The maximum Gasteiger partial charge on any atom is 0.170 e. The summed E-state index contributed by atoms with van der Waals surface area (Å²) in [6.45, 7) is 1.16. The van der Waals surface area contributed by atoms with Crippen molar-refractivity contribution in [1.29, 1.82) is 0 Å². The van der Waals surface area contributed by atoms with Crippen molar-refractivity contribution in [2.24, 2.45) is 0 Å². The molecule has 2 aromatic rings. The number of hydrogen-bond donors (Lipinski definition) is 0. The van der Waals surface area contributed by atoms with Gasteiger partial charge in [0.25, 0.3) is 0 Å². The summed E-state index contributed by atoms with van der Waals surface area (Å²) in [5, 5.41) is 4.03. The fourth-order valence-corrected chi connectivity index (χ4v) is 1.34. The third-order valence-corrected chi connectivity index (χ3v) is 2.11. The second-order valence-corrected chi connectivity index (χ2v) is 3.28. The van der Waals surface area contributed by atoms with Crippen LogP contribution in [0.15, 0.2) is 42.6 Å². The van der Waals surface area contributed by atoms with Crippen molar-refractivity contribution in [2.45, 2.75) is 6.54 Å².